The summed E-state index contributed by atoms with van der Waals surface area (Å²) in [5.74, 6) is 0.863. The lowest BCUT2D eigenvalue weighted by Crippen LogP contribution is -2.57. The third kappa shape index (κ3) is 6.97. The van der Waals surface area contributed by atoms with Crippen LogP contribution in [0.5, 0.6) is 5.75 Å². The number of nitrogens with zero attached hydrogens (tertiary/aromatic N) is 1. The highest BCUT2D eigenvalue weighted by Crippen LogP contribution is 2.33. The molecule has 2 aromatic rings. The van der Waals surface area contributed by atoms with Gasteiger partial charge in [0, 0.05) is 31.1 Å². The summed E-state index contributed by atoms with van der Waals surface area (Å²) in [5, 5.41) is 18.7. The number of amides is 1. The fourth-order valence-corrected chi connectivity index (χ4v) is 4.62. The largest absolute Gasteiger partial charge is 0.494 e. The summed E-state index contributed by atoms with van der Waals surface area (Å²) in [5.41, 5.74) is 6.74. The second-order valence-electron chi connectivity index (χ2n) is 9.67. The zero-order valence-corrected chi connectivity index (χ0v) is 21.3. The van der Waals surface area contributed by atoms with Gasteiger partial charge in [0.15, 0.2) is 5.54 Å². The van der Waals surface area contributed by atoms with Gasteiger partial charge >= 0.3 is 0 Å². The summed E-state index contributed by atoms with van der Waals surface area (Å²) in [7, 11) is 0. The van der Waals surface area contributed by atoms with E-state index in [-0.39, 0.29) is 24.7 Å². The first-order chi connectivity index (χ1) is 18.0. The Hall–Kier alpha value is -3.20. The normalized spacial score (nSPS) is 25.5. The predicted molar refractivity (Wildman–Crippen MR) is 143 cm³/mol. The van der Waals surface area contributed by atoms with Crippen molar-refractivity contribution in [3.63, 3.8) is 0 Å². The molecule has 4 rings (SSSR count). The molecule has 2 atom stereocenters. The average molecular weight is 508 g/mol. The molecule has 198 valence electrons. The van der Waals surface area contributed by atoms with Crippen LogP contribution >= 0.6 is 0 Å². The Labute approximate surface area is 218 Å². The molecule has 0 bridgehead atoms. The van der Waals surface area contributed by atoms with Gasteiger partial charge in [-0.05, 0) is 62.4 Å². The predicted octanol–water partition coefficient (Wildman–Crippen LogP) is 3.38. The second-order valence-corrected chi connectivity index (χ2v) is 9.67. The van der Waals surface area contributed by atoms with E-state index in [1.807, 2.05) is 73.7 Å². The Kier molecular flexibility index (Phi) is 9.33. The maximum atomic E-state index is 13.6. The molecular formula is C29H37N3O5. The van der Waals surface area contributed by atoms with E-state index in [9.17, 15) is 9.90 Å². The molecular weight excluding hydrogens is 470 g/mol. The van der Waals surface area contributed by atoms with E-state index in [1.54, 1.807) is 0 Å². The van der Waals surface area contributed by atoms with Crippen molar-refractivity contribution >= 4 is 17.9 Å². The molecule has 1 amide bonds. The van der Waals surface area contributed by atoms with E-state index >= 15 is 0 Å². The third-order valence-electron chi connectivity index (χ3n) is 6.95. The van der Waals surface area contributed by atoms with Gasteiger partial charge in [-0.1, -0.05) is 42.5 Å². The highest BCUT2D eigenvalue weighted by atomic mass is 16.5. The third-order valence-corrected chi connectivity index (χ3v) is 6.95. The van der Waals surface area contributed by atoms with E-state index in [2.05, 4.69) is 10.9 Å². The summed E-state index contributed by atoms with van der Waals surface area (Å²) >= 11 is 0. The molecule has 1 aliphatic heterocycles. The molecule has 1 saturated carbocycles. The quantitative estimate of drug-likeness (QED) is 0.274. The molecule has 8 heteroatoms. The number of hydrogen-bond acceptors (Lipinski definition) is 7. The van der Waals surface area contributed by atoms with Gasteiger partial charge < -0.3 is 19.7 Å². The zero-order valence-electron chi connectivity index (χ0n) is 21.3. The molecule has 1 fully saturated rings. The molecule has 37 heavy (non-hydrogen) atoms. The number of aliphatic hydroxyl groups excluding tert-OH is 2. The van der Waals surface area contributed by atoms with Crippen LogP contribution in [0.1, 0.15) is 56.6 Å². The minimum atomic E-state index is -1.14. The number of carbonyl (C=O) groups is 1. The van der Waals surface area contributed by atoms with Gasteiger partial charge in [-0.25, -0.2) is 10.4 Å². The molecule has 1 heterocycles. The van der Waals surface area contributed by atoms with E-state index in [4.69, 9.17) is 19.6 Å². The van der Waals surface area contributed by atoms with Crippen molar-refractivity contribution in [3.05, 3.63) is 71.8 Å². The smallest absolute Gasteiger partial charge is 0.266 e. The molecule has 0 spiro atoms. The van der Waals surface area contributed by atoms with Gasteiger partial charge in [-0.2, -0.15) is 0 Å². The molecule has 0 radical (unpaired) electrons. The maximum absolute atomic E-state index is 13.6. The van der Waals surface area contributed by atoms with Crippen LogP contribution < -0.4 is 15.6 Å². The Morgan fingerprint density at radius 3 is 2.57 bits per heavy atom. The fourth-order valence-electron chi connectivity index (χ4n) is 4.62. The average Bonchev–Trinajstić information content (AvgIpc) is 3.26. The number of aliphatic hydroxyl groups is 2. The first-order valence-electron chi connectivity index (χ1n) is 13.1. The van der Waals surface area contributed by atoms with E-state index in [0.717, 1.165) is 36.8 Å². The Morgan fingerprint density at radius 1 is 1.14 bits per heavy atom. The molecule has 4 N–H and O–H groups in total. The minimum absolute atomic E-state index is 0.0844. The number of aliphatic imine (C=N–C) groups is 1. The first kappa shape index (κ1) is 26.9. The van der Waals surface area contributed by atoms with Crippen molar-refractivity contribution in [3.8, 4) is 5.75 Å². The van der Waals surface area contributed by atoms with Crippen molar-refractivity contribution in [1.29, 1.82) is 0 Å². The topological polar surface area (TPSA) is 112 Å². The maximum Gasteiger partial charge on any atom is 0.266 e. The number of ether oxygens (including phenoxy) is 2. The fraction of sp³-hybridized carbons (Fsp3) is 0.448. The molecule has 8 nitrogen and oxygen atoms in total. The summed E-state index contributed by atoms with van der Waals surface area (Å²) < 4.78 is 11.8. The summed E-state index contributed by atoms with van der Waals surface area (Å²) in [6.07, 6.45) is 7.19. The van der Waals surface area contributed by atoms with Gasteiger partial charge in [0.1, 0.15) is 11.9 Å². The number of nitrogens with one attached hydrogen (secondary N) is 2. The van der Waals surface area contributed by atoms with Crippen LogP contribution in [-0.2, 0) is 9.53 Å². The van der Waals surface area contributed by atoms with Crippen LogP contribution in [0.2, 0.25) is 0 Å². The molecule has 0 saturated heterocycles. The number of rotatable bonds is 11. The highest BCUT2D eigenvalue weighted by Gasteiger charge is 2.49. The van der Waals surface area contributed by atoms with Crippen LogP contribution in [0.4, 0.5) is 0 Å². The summed E-state index contributed by atoms with van der Waals surface area (Å²) in [6, 6.07) is 17.4. The molecule has 1 aliphatic carbocycles. The lowest BCUT2D eigenvalue weighted by Gasteiger charge is -2.30. The molecule has 0 aromatic heterocycles. The van der Waals surface area contributed by atoms with Crippen LogP contribution in [0, 0.1) is 0 Å². The summed E-state index contributed by atoms with van der Waals surface area (Å²) in [6.45, 7) is 2.39. The zero-order chi connectivity index (χ0) is 26.1. The molecule has 0 unspecified atom stereocenters. The monoisotopic (exact) mass is 507 g/mol. The van der Waals surface area contributed by atoms with Crippen LogP contribution in [0.15, 0.2) is 65.7 Å². The number of benzene rings is 2. The van der Waals surface area contributed by atoms with Crippen molar-refractivity contribution in [2.24, 2.45) is 4.99 Å². The van der Waals surface area contributed by atoms with Gasteiger partial charge in [0.2, 0.25) is 5.90 Å². The van der Waals surface area contributed by atoms with Gasteiger partial charge in [-0.15, -0.1) is 0 Å². The Morgan fingerprint density at radius 2 is 1.86 bits per heavy atom. The van der Waals surface area contributed by atoms with Gasteiger partial charge in [-0.3, -0.25) is 10.2 Å². The van der Waals surface area contributed by atoms with Crippen LogP contribution in [0.25, 0.3) is 6.08 Å². The van der Waals surface area contributed by atoms with E-state index in [1.165, 1.54) is 0 Å². The van der Waals surface area contributed by atoms with Crippen molar-refractivity contribution in [1.82, 2.24) is 10.9 Å². The Balaban J connectivity index is 1.52. The van der Waals surface area contributed by atoms with Crippen LogP contribution in [0.3, 0.4) is 0 Å². The lowest BCUT2D eigenvalue weighted by atomic mass is 9.89. The molecule has 2 aliphatic rings. The van der Waals surface area contributed by atoms with Crippen LogP contribution in [-0.4, -0.2) is 59.0 Å². The summed E-state index contributed by atoms with van der Waals surface area (Å²) in [4.78, 5) is 18.5. The minimum Gasteiger partial charge on any atom is -0.494 e. The van der Waals surface area contributed by atoms with Crippen molar-refractivity contribution in [2.75, 3.05) is 13.2 Å². The van der Waals surface area contributed by atoms with E-state index in [0.29, 0.717) is 31.1 Å². The van der Waals surface area contributed by atoms with Crippen molar-refractivity contribution in [2.45, 2.75) is 69.2 Å². The Bertz CT molecular complexity index is 1060. The van der Waals surface area contributed by atoms with E-state index < -0.39 is 11.6 Å². The highest BCUT2D eigenvalue weighted by molar-refractivity contribution is 6.00. The number of hydrogen-bond donors (Lipinski definition) is 4. The number of hydrazine groups is 1. The van der Waals surface area contributed by atoms with Gasteiger partial charge in [0.05, 0.1) is 12.7 Å². The second kappa shape index (κ2) is 12.9. The standard InChI is InChI=1S/C29H37N3O5/c1-21-29(18-5-9-22-7-3-2-4-8-22,28(35)32-31-24-12-14-25(34)15-13-24)30-27(37-21)23-10-16-26(17-11-23)36-20-6-19-33/h2-5,7-11,16-17,21,24-25,31,33-34H,6,12-15,18-20H2,1H3,(H,32,35)/b9-5+/t21-,24?,25?,29-/m0/s1. The SMILES string of the molecule is C[C@@H]1OC(c2ccc(OCCCO)cc2)=N[C@]1(C/C=C/c1ccccc1)C(=O)NNC1CCC(O)CC1. The lowest BCUT2D eigenvalue weighted by molar-refractivity contribution is -0.129. The van der Waals surface area contributed by atoms with Crippen molar-refractivity contribution < 1.29 is 24.5 Å². The first-order valence-corrected chi connectivity index (χ1v) is 13.1. The molecule has 2 aromatic carbocycles. The van der Waals surface area contributed by atoms with Gasteiger partial charge in [0.25, 0.3) is 5.91 Å². The number of carbonyl (C=O) groups excluding carboxylic acids is 1.